The number of carbonyl (C=O) groups is 1. The van der Waals surface area contributed by atoms with Crippen LogP contribution in [0.25, 0.3) is 0 Å². The van der Waals surface area contributed by atoms with E-state index >= 15 is 0 Å². The number of piperidine rings is 1. The third kappa shape index (κ3) is 6.81. The van der Waals surface area contributed by atoms with E-state index in [0.29, 0.717) is 50.6 Å². The molecule has 0 saturated carbocycles. The van der Waals surface area contributed by atoms with E-state index < -0.39 is 6.04 Å². The molecule has 2 N–H and O–H groups in total. The van der Waals surface area contributed by atoms with Crippen LogP contribution in [0.15, 0.2) is 48.5 Å². The first-order valence-corrected chi connectivity index (χ1v) is 13.0. The molecule has 0 aliphatic carbocycles. The minimum Gasteiger partial charge on any atom is -0.493 e. The highest BCUT2D eigenvalue weighted by atomic mass is 19.1. The quantitative estimate of drug-likeness (QED) is 0.595. The van der Waals surface area contributed by atoms with E-state index in [-0.39, 0.29) is 17.6 Å². The first-order valence-electron chi connectivity index (χ1n) is 13.0. The highest BCUT2D eigenvalue weighted by Gasteiger charge is 2.32. The smallest absolute Gasteiger partial charge is 0.239 e. The number of amides is 1. The van der Waals surface area contributed by atoms with Crippen molar-refractivity contribution < 1.29 is 13.9 Å². The SMILES string of the molecule is CCOc1cccc(F)c1CN1CCN(C(=O)[C@H](N)C2CCN(CCc3ccccc3)CC2)CC1. The maximum atomic E-state index is 14.4. The van der Waals surface area contributed by atoms with Gasteiger partial charge in [0.05, 0.1) is 12.6 Å². The van der Waals surface area contributed by atoms with Crippen molar-refractivity contribution in [1.29, 1.82) is 0 Å². The van der Waals surface area contributed by atoms with Crippen LogP contribution in [0.4, 0.5) is 4.39 Å². The molecule has 0 radical (unpaired) electrons. The van der Waals surface area contributed by atoms with E-state index in [1.54, 1.807) is 6.07 Å². The molecule has 0 bridgehead atoms. The third-order valence-electron chi connectivity index (χ3n) is 7.43. The van der Waals surface area contributed by atoms with Crippen molar-refractivity contribution in [2.75, 3.05) is 52.4 Å². The van der Waals surface area contributed by atoms with E-state index in [1.165, 1.54) is 11.6 Å². The largest absolute Gasteiger partial charge is 0.493 e. The molecule has 2 heterocycles. The molecule has 2 aromatic rings. The normalized spacial score (nSPS) is 19.0. The molecule has 0 aromatic heterocycles. The molecule has 1 atom stereocenters. The van der Waals surface area contributed by atoms with Gasteiger partial charge in [0, 0.05) is 44.8 Å². The summed E-state index contributed by atoms with van der Waals surface area (Å²) in [6.07, 6.45) is 2.99. The molecule has 1 amide bonds. The summed E-state index contributed by atoms with van der Waals surface area (Å²) in [5.74, 6) is 0.656. The van der Waals surface area contributed by atoms with Crippen LogP contribution in [0.1, 0.15) is 30.9 Å². The highest BCUT2D eigenvalue weighted by molar-refractivity contribution is 5.82. The van der Waals surface area contributed by atoms with Gasteiger partial charge in [-0.1, -0.05) is 36.4 Å². The van der Waals surface area contributed by atoms with Gasteiger partial charge in [0.1, 0.15) is 11.6 Å². The first kappa shape index (κ1) is 25.6. The fraction of sp³-hybridized carbons (Fsp3) is 0.536. The zero-order valence-electron chi connectivity index (χ0n) is 20.9. The summed E-state index contributed by atoms with van der Waals surface area (Å²) in [4.78, 5) is 19.7. The first-order chi connectivity index (χ1) is 17.0. The second-order valence-electron chi connectivity index (χ2n) is 9.69. The number of benzene rings is 2. The summed E-state index contributed by atoms with van der Waals surface area (Å²) in [6.45, 7) is 8.59. The van der Waals surface area contributed by atoms with Crippen LogP contribution in [0.5, 0.6) is 5.75 Å². The predicted molar refractivity (Wildman–Crippen MR) is 137 cm³/mol. The van der Waals surface area contributed by atoms with Crippen LogP contribution < -0.4 is 10.5 Å². The molecule has 190 valence electrons. The van der Waals surface area contributed by atoms with Crippen LogP contribution >= 0.6 is 0 Å². The van der Waals surface area contributed by atoms with E-state index in [0.717, 1.165) is 38.9 Å². The van der Waals surface area contributed by atoms with Crippen molar-refractivity contribution in [2.45, 2.75) is 38.8 Å². The Labute approximate surface area is 208 Å². The molecule has 0 unspecified atom stereocenters. The minimum atomic E-state index is -0.436. The lowest BCUT2D eigenvalue weighted by Crippen LogP contribution is -2.55. The predicted octanol–water partition coefficient (Wildman–Crippen LogP) is 3.15. The molecule has 2 saturated heterocycles. The van der Waals surface area contributed by atoms with Crippen molar-refractivity contribution in [3.05, 3.63) is 65.5 Å². The molecular formula is C28H39FN4O2. The molecule has 2 fully saturated rings. The molecule has 7 heteroatoms. The summed E-state index contributed by atoms with van der Waals surface area (Å²) in [6, 6.07) is 15.1. The van der Waals surface area contributed by atoms with Crippen LogP contribution in [0.2, 0.25) is 0 Å². The van der Waals surface area contributed by atoms with E-state index in [1.807, 2.05) is 17.9 Å². The molecule has 2 aliphatic rings. The van der Waals surface area contributed by atoms with Gasteiger partial charge in [-0.25, -0.2) is 4.39 Å². The van der Waals surface area contributed by atoms with Gasteiger partial charge in [-0.3, -0.25) is 9.69 Å². The Kier molecular flexibility index (Phi) is 9.12. The zero-order valence-corrected chi connectivity index (χ0v) is 20.9. The molecule has 0 spiro atoms. The van der Waals surface area contributed by atoms with Crippen LogP contribution in [-0.4, -0.2) is 79.1 Å². The average Bonchev–Trinajstić information content (AvgIpc) is 2.90. The van der Waals surface area contributed by atoms with E-state index in [2.05, 4.69) is 40.1 Å². The number of halogens is 1. The van der Waals surface area contributed by atoms with Crippen molar-refractivity contribution in [2.24, 2.45) is 11.7 Å². The van der Waals surface area contributed by atoms with Gasteiger partial charge < -0.3 is 20.3 Å². The highest BCUT2D eigenvalue weighted by Crippen LogP contribution is 2.25. The lowest BCUT2D eigenvalue weighted by atomic mass is 9.88. The lowest BCUT2D eigenvalue weighted by molar-refractivity contribution is -0.136. The number of rotatable bonds is 9. The number of carbonyl (C=O) groups excluding carboxylic acids is 1. The fourth-order valence-corrected chi connectivity index (χ4v) is 5.21. The summed E-state index contributed by atoms with van der Waals surface area (Å²) >= 11 is 0. The Morgan fingerprint density at radius 2 is 1.71 bits per heavy atom. The molecule has 4 rings (SSSR count). The van der Waals surface area contributed by atoms with Crippen LogP contribution in [0.3, 0.4) is 0 Å². The molecule has 35 heavy (non-hydrogen) atoms. The number of hydrogen-bond acceptors (Lipinski definition) is 5. The number of likely N-dealkylation sites (tertiary alicyclic amines) is 1. The van der Waals surface area contributed by atoms with Gasteiger partial charge in [0.15, 0.2) is 0 Å². The Balaban J connectivity index is 1.21. The molecule has 2 aromatic carbocycles. The van der Waals surface area contributed by atoms with Gasteiger partial charge in [0.2, 0.25) is 5.91 Å². The Bertz CT molecular complexity index is 941. The van der Waals surface area contributed by atoms with Gasteiger partial charge >= 0.3 is 0 Å². The summed E-state index contributed by atoms with van der Waals surface area (Å²) < 4.78 is 20.0. The topological polar surface area (TPSA) is 62.0 Å². The van der Waals surface area contributed by atoms with Crippen LogP contribution in [0, 0.1) is 11.7 Å². The number of nitrogens with zero attached hydrogens (tertiary/aromatic N) is 3. The minimum absolute atomic E-state index is 0.0632. The van der Waals surface area contributed by atoms with Gasteiger partial charge in [0.25, 0.3) is 0 Å². The number of ether oxygens (including phenoxy) is 1. The van der Waals surface area contributed by atoms with Gasteiger partial charge in [-0.15, -0.1) is 0 Å². The monoisotopic (exact) mass is 482 g/mol. The number of piperazine rings is 1. The molecule has 2 aliphatic heterocycles. The van der Waals surface area contributed by atoms with Crippen LogP contribution in [-0.2, 0) is 17.8 Å². The third-order valence-corrected chi connectivity index (χ3v) is 7.43. The van der Waals surface area contributed by atoms with Gasteiger partial charge in [-0.05, 0) is 62.9 Å². The molecular weight excluding hydrogens is 443 g/mol. The fourth-order valence-electron chi connectivity index (χ4n) is 5.21. The number of nitrogens with two attached hydrogens (primary N) is 1. The van der Waals surface area contributed by atoms with Crippen molar-refractivity contribution >= 4 is 5.91 Å². The Morgan fingerprint density at radius 1 is 1.00 bits per heavy atom. The zero-order chi connectivity index (χ0) is 24.6. The van der Waals surface area contributed by atoms with Crippen molar-refractivity contribution in [3.8, 4) is 5.75 Å². The Hall–Kier alpha value is -2.48. The summed E-state index contributed by atoms with van der Waals surface area (Å²) in [5, 5.41) is 0. The van der Waals surface area contributed by atoms with Gasteiger partial charge in [-0.2, -0.15) is 0 Å². The second kappa shape index (κ2) is 12.5. The van der Waals surface area contributed by atoms with E-state index in [4.69, 9.17) is 10.5 Å². The van der Waals surface area contributed by atoms with Crippen molar-refractivity contribution in [3.63, 3.8) is 0 Å². The maximum absolute atomic E-state index is 14.4. The van der Waals surface area contributed by atoms with E-state index in [9.17, 15) is 9.18 Å². The lowest BCUT2D eigenvalue weighted by Gasteiger charge is -2.39. The number of hydrogen-bond donors (Lipinski definition) is 1. The summed E-state index contributed by atoms with van der Waals surface area (Å²) in [7, 11) is 0. The second-order valence-corrected chi connectivity index (χ2v) is 9.69. The standard InChI is InChI=1S/C28H39FN4O2/c1-2-35-26-10-6-9-25(29)24(26)21-32-17-19-33(20-18-32)28(34)27(30)23-12-15-31(16-13-23)14-11-22-7-4-3-5-8-22/h3-10,23,27H,2,11-21,30H2,1H3/t27-/m1/s1. The average molecular weight is 483 g/mol. The molecule has 6 nitrogen and oxygen atoms in total. The maximum Gasteiger partial charge on any atom is 0.239 e. The summed E-state index contributed by atoms with van der Waals surface area (Å²) in [5.41, 5.74) is 8.43. The van der Waals surface area contributed by atoms with Crippen molar-refractivity contribution in [1.82, 2.24) is 14.7 Å². The Morgan fingerprint density at radius 3 is 2.40 bits per heavy atom.